The van der Waals surface area contributed by atoms with Crippen molar-refractivity contribution in [2.24, 2.45) is 11.8 Å². The summed E-state index contributed by atoms with van der Waals surface area (Å²) in [6.07, 6.45) is 1.53. The van der Waals surface area contributed by atoms with Crippen LogP contribution in [0.3, 0.4) is 0 Å². The van der Waals surface area contributed by atoms with E-state index in [1.54, 1.807) is 0 Å². The number of hydrogen-bond donors (Lipinski definition) is 0. The van der Waals surface area contributed by atoms with Gasteiger partial charge in [-0.3, -0.25) is 9.59 Å². The molecule has 0 saturated heterocycles. The van der Waals surface area contributed by atoms with E-state index < -0.39 is 0 Å². The fourth-order valence-corrected chi connectivity index (χ4v) is 1.32. The second-order valence-corrected chi connectivity index (χ2v) is 3.75. The van der Waals surface area contributed by atoms with Crippen molar-refractivity contribution in [1.82, 2.24) is 0 Å². The Morgan fingerprint density at radius 3 is 2.21 bits per heavy atom. The third kappa shape index (κ3) is 4.76. The van der Waals surface area contributed by atoms with E-state index in [4.69, 9.17) is 5.26 Å². The van der Waals surface area contributed by atoms with E-state index in [1.165, 1.54) is 13.8 Å². The summed E-state index contributed by atoms with van der Waals surface area (Å²) in [5.74, 6) is -0.0299. The molecule has 0 aromatic rings. The Kier molecular flexibility index (Phi) is 5.78. The van der Waals surface area contributed by atoms with Crippen molar-refractivity contribution < 1.29 is 9.59 Å². The maximum Gasteiger partial charge on any atom is 0.132 e. The van der Waals surface area contributed by atoms with Crippen molar-refractivity contribution in [2.75, 3.05) is 0 Å². The van der Waals surface area contributed by atoms with E-state index in [2.05, 4.69) is 0 Å². The van der Waals surface area contributed by atoms with Gasteiger partial charge >= 0.3 is 0 Å². The molecule has 2 unspecified atom stereocenters. The first-order valence-electron chi connectivity index (χ1n) is 4.86. The van der Waals surface area contributed by atoms with Gasteiger partial charge in [-0.25, -0.2) is 0 Å². The summed E-state index contributed by atoms with van der Waals surface area (Å²) in [6.45, 7) is 4.88. The minimum absolute atomic E-state index is 0.0772. The van der Waals surface area contributed by atoms with E-state index in [1.807, 2.05) is 13.0 Å². The van der Waals surface area contributed by atoms with Gasteiger partial charge in [-0.1, -0.05) is 6.92 Å². The monoisotopic (exact) mass is 195 g/mol. The molecular formula is C11H17NO2. The van der Waals surface area contributed by atoms with Crippen LogP contribution in [-0.2, 0) is 9.59 Å². The van der Waals surface area contributed by atoms with E-state index in [0.717, 1.165) is 0 Å². The van der Waals surface area contributed by atoms with Gasteiger partial charge in [0.05, 0.1) is 6.07 Å². The predicted molar refractivity (Wildman–Crippen MR) is 53.5 cm³/mol. The summed E-state index contributed by atoms with van der Waals surface area (Å²) in [4.78, 5) is 22.2. The number of nitrogens with zero attached hydrogens (tertiary/aromatic N) is 1. The van der Waals surface area contributed by atoms with Gasteiger partial charge in [0.2, 0.25) is 0 Å². The van der Waals surface area contributed by atoms with E-state index in [9.17, 15) is 9.59 Å². The molecule has 0 saturated carbocycles. The summed E-state index contributed by atoms with van der Waals surface area (Å²) < 4.78 is 0. The number of nitriles is 1. The summed E-state index contributed by atoms with van der Waals surface area (Å²) in [5, 5.41) is 8.41. The van der Waals surface area contributed by atoms with Gasteiger partial charge in [-0.05, 0) is 26.7 Å². The normalized spacial score (nSPS) is 14.1. The number of carbonyl (C=O) groups is 2. The van der Waals surface area contributed by atoms with Gasteiger partial charge in [0.1, 0.15) is 11.6 Å². The highest BCUT2D eigenvalue weighted by molar-refractivity contribution is 5.81. The fourth-order valence-electron chi connectivity index (χ4n) is 1.32. The molecule has 14 heavy (non-hydrogen) atoms. The summed E-state index contributed by atoms with van der Waals surface area (Å²) >= 11 is 0. The Balaban J connectivity index is 4.17. The molecule has 0 spiro atoms. The molecule has 0 heterocycles. The van der Waals surface area contributed by atoms with Gasteiger partial charge < -0.3 is 0 Å². The molecule has 0 radical (unpaired) electrons. The molecule has 0 fully saturated rings. The lowest BCUT2D eigenvalue weighted by Gasteiger charge is -2.15. The van der Waals surface area contributed by atoms with Crippen LogP contribution in [0.15, 0.2) is 0 Å². The van der Waals surface area contributed by atoms with Crippen LogP contribution in [0.5, 0.6) is 0 Å². The molecule has 0 rings (SSSR count). The highest BCUT2D eigenvalue weighted by Gasteiger charge is 2.19. The van der Waals surface area contributed by atoms with Gasteiger partial charge in [0, 0.05) is 18.3 Å². The maximum absolute atomic E-state index is 11.2. The molecule has 78 valence electrons. The lowest BCUT2D eigenvalue weighted by atomic mass is 9.88. The van der Waals surface area contributed by atoms with Crippen LogP contribution >= 0.6 is 0 Å². The number of carbonyl (C=O) groups excluding carboxylic acids is 2. The quantitative estimate of drug-likeness (QED) is 0.652. The van der Waals surface area contributed by atoms with Crippen LogP contribution in [0.4, 0.5) is 0 Å². The average Bonchev–Trinajstić information content (AvgIpc) is 2.10. The Labute approximate surface area is 85.1 Å². The molecule has 0 amide bonds. The fraction of sp³-hybridized carbons (Fsp3) is 0.727. The molecular weight excluding hydrogens is 178 g/mol. The minimum Gasteiger partial charge on any atom is -0.300 e. The summed E-state index contributed by atoms with van der Waals surface area (Å²) in [7, 11) is 0. The summed E-state index contributed by atoms with van der Waals surface area (Å²) in [6, 6.07) is 2.02. The Bertz CT molecular complexity index is 253. The SMILES string of the molecule is CC(=O)C(C)CC(CCC#N)C(C)=O. The highest BCUT2D eigenvalue weighted by Crippen LogP contribution is 2.18. The van der Waals surface area contributed by atoms with Crippen LogP contribution in [-0.4, -0.2) is 11.6 Å². The van der Waals surface area contributed by atoms with Crippen molar-refractivity contribution in [2.45, 2.75) is 40.0 Å². The number of Topliss-reactive ketones (excluding diaryl/α,β-unsaturated/α-hetero) is 2. The molecule has 3 nitrogen and oxygen atoms in total. The van der Waals surface area contributed by atoms with Gasteiger partial charge in [-0.2, -0.15) is 5.26 Å². The van der Waals surface area contributed by atoms with E-state index >= 15 is 0 Å². The first kappa shape index (κ1) is 12.8. The second-order valence-electron chi connectivity index (χ2n) is 3.75. The second kappa shape index (κ2) is 6.31. The molecule has 0 aliphatic carbocycles. The van der Waals surface area contributed by atoms with Crippen LogP contribution in [0.2, 0.25) is 0 Å². The predicted octanol–water partition coefficient (Wildman–Crippen LogP) is 2.11. The molecule has 2 atom stereocenters. The van der Waals surface area contributed by atoms with Gasteiger partial charge in [0.25, 0.3) is 0 Å². The minimum atomic E-state index is -0.131. The van der Waals surface area contributed by atoms with Crippen molar-refractivity contribution in [3.8, 4) is 6.07 Å². The topological polar surface area (TPSA) is 57.9 Å². The lowest BCUT2D eigenvalue weighted by molar-refractivity contribution is -0.123. The first-order valence-corrected chi connectivity index (χ1v) is 4.86. The Morgan fingerprint density at radius 2 is 1.86 bits per heavy atom. The molecule has 0 aliphatic rings. The zero-order valence-electron chi connectivity index (χ0n) is 9.04. The molecule has 3 heteroatoms. The first-order chi connectivity index (χ1) is 6.49. The molecule has 0 aliphatic heterocycles. The maximum atomic E-state index is 11.2. The van der Waals surface area contributed by atoms with Crippen LogP contribution in [0, 0.1) is 23.2 Å². The zero-order chi connectivity index (χ0) is 11.1. The highest BCUT2D eigenvalue weighted by atomic mass is 16.1. The van der Waals surface area contributed by atoms with Gasteiger partial charge in [0.15, 0.2) is 0 Å². The Hall–Kier alpha value is -1.17. The zero-order valence-corrected chi connectivity index (χ0v) is 9.04. The molecule has 0 aromatic heterocycles. The van der Waals surface area contributed by atoms with Crippen molar-refractivity contribution in [1.29, 1.82) is 5.26 Å². The number of rotatable bonds is 6. The lowest BCUT2D eigenvalue weighted by Crippen LogP contribution is -2.18. The number of hydrogen-bond acceptors (Lipinski definition) is 3. The average molecular weight is 195 g/mol. The van der Waals surface area contributed by atoms with Crippen LogP contribution in [0.1, 0.15) is 40.0 Å². The Morgan fingerprint density at radius 1 is 1.29 bits per heavy atom. The molecule has 0 aromatic carbocycles. The van der Waals surface area contributed by atoms with Crippen molar-refractivity contribution in [3.63, 3.8) is 0 Å². The molecule has 0 bridgehead atoms. The molecule has 0 N–H and O–H groups in total. The smallest absolute Gasteiger partial charge is 0.132 e. The third-order valence-electron chi connectivity index (χ3n) is 2.51. The van der Waals surface area contributed by atoms with Crippen LogP contribution < -0.4 is 0 Å². The van der Waals surface area contributed by atoms with Crippen LogP contribution in [0.25, 0.3) is 0 Å². The number of ketones is 2. The summed E-state index contributed by atoms with van der Waals surface area (Å²) in [5.41, 5.74) is 0. The van der Waals surface area contributed by atoms with E-state index in [-0.39, 0.29) is 23.4 Å². The van der Waals surface area contributed by atoms with E-state index in [0.29, 0.717) is 19.3 Å². The van der Waals surface area contributed by atoms with Crippen molar-refractivity contribution >= 4 is 11.6 Å². The standard InChI is InChI=1S/C11H17NO2/c1-8(9(2)13)7-11(10(3)14)5-4-6-12/h8,11H,4-5,7H2,1-3H3. The third-order valence-corrected chi connectivity index (χ3v) is 2.51. The van der Waals surface area contributed by atoms with Crippen molar-refractivity contribution in [3.05, 3.63) is 0 Å². The van der Waals surface area contributed by atoms with Gasteiger partial charge in [-0.15, -0.1) is 0 Å². The largest absolute Gasteiger partial charge is 0.300 e.